The zero-order chi connectivity index (χ0) is 18.1. The monoisotopic (exact) mass is 351 g/mol. The van der Waals surface area contributed by atoms with Crippen LogP contribution in [0.4, 0.5) is 5.82 Å². The molecule has 0 aliphatic carbocycles. The lowest BCUT2D eigenvalue weighted by Gasteiger charge is -2.19. The second-order valence-electron chi connectivity index (χ2n) is 6.13. The van der Waals surface area contributed by atoms with Gasteiger partial charge in [0.1, 0.15) is 24.6 Å². The van der Waals surface area contributed by atoms with Crippen LogP contribution in [0.25, 0.3) is 11.2 Å². The van der Waals surface area contributed by atoms with Gasteiger partial charge in [0, 0.05) is 13.0 Å². The number of hydrogen-bond acceptors (Lipinski definition) is 8. The summed E-state index contributed by atoms with van der Waals surface area (Å²) in [4.78, 5) is 24.5. The highest BCUT2D eigenvalue weighted by molar-refractivity contribution is 5.97. The van der Waals surface area contributed by atoms with Gasteiger partial charge in [-0.2, -0.15) is 0 Å². The van der Waals surface area contributed by atoms with Crippen LogP contribution in [0.1, 0.15) is 20.1 Å². The molecule has 3 heterocycles. The van der Waals surface area contributed by atoms with Gasteiger partial charge in [0.2, 0.25) is 5.91 Å². The lowest BCUT2D eigenvalue weighted by molar-refractivity contribution is -0.118. The molecule has 1 saturated heterocycles. The van der Waals surface area contributed by atoms with E-state index in [1.807, 2.05) is 0 Å². The predicted octanol–water partition coefficient (Wildman–Crippen LogP) is -0.314. The number of nitrogens with zero attached hydrogens (tertiary/aromatic N) is 4. The predicted molar refractivity (Wildman–Crippen MR) is 86.6 cm³/mol. The molecule has 2 aromatic rings. The Labute approximate surface area is 143 Å². The van der Waals surface area contributed by atoms with Crippen molar-refractivity contribution in [2.24, 2.45) is 5.92 Å². The Bertz CT molecular complexity index is 764. The minimum atomic E-state index is -0.987. The van der Waals surface area contributed by atoms with Crippen molar-refractivity contribution in [2.75, 3.05) is 19.0 Å². The highest BCUT2D eigenvalue weighted by Crippen LogP contribution is 2.33. The summed E-state index contributed by atoms with van der Waals surface area (Å²) in [6, 6.07) is 0. The summed E-state index contributed by atoms with van der Waals surface area (Å²) < 4.78 is 12.6. The molecule has 1 amide bonds. The van der Waals surface area contributed by atoms with Crippen molar-refractivity contribution in [3.8, 4) is 0 Å². The number of aromatic nitrogens is 4. The number of rotatable bonds is 5. The fraction of sp³-hybridized carbons (Fsp3) is 0.600. The van der Waals surface area contributed by atoms with E-state index in [4.69, 9.17) is 9.47 Å². The molecular weight excluding hydrogens is 330 g/mol. The number of carbonyl (C=O) groups excluding carboxylic acids is 1. The molecule has 1 aliphatic rings. The molecule has 0 radical (unpaired) electrons. The van der Waals surface area contributed by atoms with Crippen molar-refractivity contribution in [3.63, 3.8) is 0 Å². The number of carbonyl (C=O) groups is 1. The maximum Gasteiger partial charge on any atom is 0.228 e. The highest BCUT2D eigenvalue weighted by atomic mass is 16.6. The summed E-state index contributed by atoms with van der Waals surface area (Å²) in [6.45, 7) is 3.21. The average molecular weight is 351 g/mol. The van der Waals surface area contributed by atoms with Crippen LogP contribution < -0.4 is 5.32 Å². The van der Waals surface area contributed by atoms with Crippen molar-refractivity contribution in [1.82, 2.24) is 19.5 Å². The number of fused-ring (bicyclic) bond motifs is 1. The maximum atomic E-state index is 11.9. The number of nitrogens with one attached hydrogen (secondary N) is 1. The van der Waals surface area contributed by atoms with Crippen molar-refractivity contribution in [2.45, 2.75) is 38.4 Å². The van der Waals surface area contributed by atoms with Gasteiger partial charge in [-0.3, -0.25) is 9.36 Å². The van der Waals surface area contributed by atoms with Gasteiger partial charge >= 0.3 is 0 Å². The van der Waals surface area contributed by atoms with E-state index in [0.717, 1.165) is 0 Å². The Kier molecular flexibility index (Phi) is 4.95. The molecule has 0 spiro atoms. The van der Waals surface area contributed by atoms with Crippen LogP contribution in [0.2, 0.25) is 0 Å². The molecule has 3 N–H and O–H groups in total. The first-order chi connectivity index (χ1) is 12.0. The molecule has 10 heteroatoms. The molecule has 25 heavy (non-hydrogen) atoms. The van der Waals surface area contributed by atoms with Gasteiger partial charge in [-0.15, -0.1) is 0 Å². The van der Waals surface area contributed by atoms with Crippen LogP contribution in [-0.4, -0.2) is 67.7 Å². The van der Waals surface area contributed by atoms with Crippen molar-refractivity contribution >= 4 is 22.9 Å². The molecule has 2 unspecified atom stereocenters. The summed E-state index contributed by atoms with van der Waals surface area (Å²) in [6.07, 6.45) is -0.376. The summed E-state index contributed by atoms with van der Waals surface area (Å²) in [7, 11) is 1.45. The number of aliphatic hydroxyl groups is 2. The van der Waals surface area contributed by atoms with E-state index in [-0.39, 0.29) is 18.4 Å². The third-order valence-electron chi connectivity index (χ3n) is 4.16. The smallest absolute Gasteiger partial charge is 0.228 e. The van der Waals surface area contributed by atoms with E-state index < -0.39 is 24.5 Å². The molecule has 4 atom stereocenters. The fourth-order valence-electron chi connectivity index (χ4n) is 2.74. The molecule has 1 fully saturated rings. The summed E-state index contributed by atoms with van der Waals surface area (Å²) in [5.41, 5.74) is 0.823. The Morgan fingerprint density at radius 3 is 2.84 bits per heavy atom. The van der Waals surface area contributed by atoms with Gasteiger partial charge < -0.3 is 25.0 Å². The summed E-state index contributed by atoms with van der Waals surface area (Å²) in [5.74, 6) is -0.0885. The first kappa shape index (κ1) is 17.7. The fourth-order valence-corrected chi connectivity index (χ4v) is 2.74. The summed E-state index contributed by atoms with van der Waals surface area (Å²) >= 11 is 0. The van der Waals surface area contributed by atoms with E-state index in [1.54, 1.807) is 18.4 Å². The Morgan fingerprint density at radius 2 is 2.20 bits per heavy atom. The molecule has 1 aliphatic heterocycles. The van der Waals surface area contributed by atoms with E-state index >= 15 is 0 Å². The third-order valence-corrected chi connectivity index (χ3v) is 4.16. The zero-order valence-electron chi connectivity index (χ0n) is 14.2. The van der Waals surface area contributed by atoms with E-state index in [1.165, 1.54) is 19.8 Å². The Morgan fingerprint density at radius 1 is 1.44 bits per heavy atom. The number of imidazole rings is 1. The van der Waals surface area contributed by atoms with E-state index in [9.17, 15) is 15.0 Å². The molecule has 0 saturated carbocycles. The van der Waals surface area contributed by atoms with Gasteiger partial charge in [0.25, 0.3) is 0 Å². The Balaban J connectivity index is 1.97. The lowest BCUT2D eigenvalue weighted by Crippen LogP contribution is -2.34. The Hall–Kier alpha value is -2.14. The maximum absolute atomic E-state index is 11.9. The molecular formula is C15H21N5O5. The van der Waals surface area contributed by atoms with Crippen molar-refractivity contribution < 1.29 is 24.5 Å². The van der Waals surface area contributed by atoms with Gasteiger partial charge in [0.05, 0.1) is 12.9 Å². The minimum Gasteiger partial charge on any atom is -0.394 e. The average Bonchev–Trinajstić information content (AvgIpc) is 3.15. The van der Waals surface area contributed by atoms with E-state index in [0.29, 0.717) is 17.0 Å². The zero-order valence-corrected chi connectivity index (χ0v) is 14.2. The first-order valence-electron chi connectivity index (χ1n) is 7.93. The molecule has 0 aromatic carbocycles. The number of anilines is 1. The van der Waals surface area contributed by atoms with Crippen molar-refractivity contribution in [1.29, 1.82) is 0 Å². The van der Waals surface area contributed by atoms with Gasteiger partial charge in [0.15, 0.2) is 23.2 Å². The molecule has 2 aromatic heterocycles. The van der Waals surface area contributed by atoms with Gasteiger partial charge in [-0.05, 0) is 0 Å². The van der Waals surface area contributed by atoms with Gasteiger partial charge in [-0.1, -0.05) is 13.8 Å². The highest BCUT2D eigenvalue weighted by Gasteiger charge is 2.45. The molecule has 136 valence electrons. The molecule has 10 nitrogen and oxygen atoms in total. The normalized spacial score (nSPS) is 26.5. The minimum absolute atomic E-state index is 0.183. The number of methoxy groups -OCH3 is 1. The van der Waals surface area contributed by atoms with Crippen LogP contribution >= 0.6 is 0 Å². The number of hydrogen-bond donors (Lipinski definition) is 3. The van der Waals surface area contributed by atoms with Gasteiger partial charge in [-0.25, -0.2) is 15.0 Å². The largest absolute Gasteiger partial charge is 0.394 e. The quantitative estimate of drug-likeness (QED) is 0.668. The van der Waals surface area contributed by atoms with Crippen LogP contribution in [0, 0.1) is 5.92 Å². The van der Waals surface area contributed by atoms with Crippen LogP contribution in [0.5, 0.6) is 0 Å². The van der Waals surface area contributed by atoms with E-state index in [2.05, 4.69) is 20.3 Å². The van der Waals surface area contributed by atoms with Crippen molar-refractivity contribution in [3.05, 3.63) is 12.7 Å². The van der Waals surface area contributed by atoms with Crippen LogP contribution in [0.15, 0.2) is 12.7 Å². The second-order valence-corrected chi connectivity index (χ2v) is 6.13. The molecule has 3 rings (SSSR count). The lowest BCUT2D eigenvalue weighted by atomic mass is 10.1. The second kappa shape index (κ2) is 7.00. The molecule has 0 bridgehead atoms. The SMILES string of the molecule is COC1C(O)[C@@H](CO)O[C@H]1n1cnc2c(NC(=O)C(C)C)ncnc21. The third kappa shape index (κ3) is 3.09. The van der Waals surface area contributed by atoms with Crippen LogP contribution in [-0.2, 0) is 14.3 Å². The number of amides is 1. The van der Waals surface area contributed by atoms with Crippen LogP contribution in [0.3, 0.4) is 0 Å². The summed E-state index contributed by atoms with van der Waals surface area (Å²) in [5, 5.41) is 22.2. The first-order valence-corrected chi connectivity index (χ1v) is 7.93. The number of aliphatic hydroxyl groups excluding tert-OH is 2. The topological polar surface area (TPSA) is 132 Å². The number of ether oxygens (including phenoxy) is 2. The standard InChI is InChI=1S/C15H21N5O5/c1-7(2)14(23)19-12-9-13(17-5-16-12)20(6-18-9)15-11(24-3)10(22)8(4-21)25-15/h5-8,10-11,15,21-22H,4H2,1-3H3,(H,16,17,19,23)/t8-,10?,11?,15-/m1/s1.